The Hall–Kier alpha value is -0.350. The van der Waals surface area contributed by atoms with E-state index in [1.54, 1.807) is 5.30 Å². The molecule has 1 heteroatoms. The van der Waals surface area contributed by atoms with Gasteiger partial charge in [0.1, 0.15) is 0 Å². The van der Waals surface area contributed by atoms with Crippen LogP contribution in [0.15, 0.2) is 30.3 Å². The highest BCUT2D eigenvalue weighted by Crippen LogP contribution is 2.55. The van der Waals surface area contributed by atoms with Crippen LogP contribution in [0.4, 0.5) is 0 Å². The highest BCUT2D eigenvalue weighted by atomic mass is 31.2. The molecule has 0 N–H and O–H groups in total. The molecule has 0 nitrogen and oxygen atoms in total. The summed E-state index contributed by atoms with van der Waals surface area (Å²) in [7, 11) is -0.855. The molecule has 0 saturated heterocycles. The fraction of sp³-hybridized carbons (Fsp3) is 0.600. The molecular weight excluding hydrogens is 211 g/mol. The minimum absolute atomic E-state index is 0.855. The first-order valence-electron chi connectivity index (χ1n) is 6.63. The zero-order chi connectivity index (χ0) is 11.9. The molecule has 0 aliphatic carbocycles. The Bertz CT molecular complexity index is 271. The fourth-order valence-electron chi connectivity index (χ4n) is 2.17. The van der Waals surface area contributed by atoms with Gasteiger partial charge in [-0.15, -0.1) is 0 Å². The molecule has 0 fully saturated rings. The molecule has 0 unspecified atom stereocenters. The Balaban J connectivity index is 2.77. The first-order valence-corrected chi connectivity index (χ1v) is 9.23. The number of benzene rings is 1. The zero-order valence-electron chi connectivity index (χ0n) is 11.1. The van der Waals surface area contributed by atoms with Gasteiger partial charge in [-0.2, -0.15) is 0 Å². The highest BCUT2D eigenvalue weighted by molar-refractivity contribution is 7.82. The molecule has 0 saturated carbocycles. The summed E-state index contributed by atoms with van der Waals surface area (Å²) >= 11 is 0. The maximum Gasteiger partial charge on any atom is 0.0936 e. The second-order valence-corrected chi connectivity index (χ2v) is 9.09. The van der Waals surface area contributed by atoms with Crippen LogP contribution in [0.5, 0.6) is 0 Å². The summed E-state index contributed by atoms with van der Waals surface area (Å²) in [6.45, 7) is 7.15. The highest BCUT2D eigenvalue weighted by Gasteiger charge is 2.32. The molecule has 1 rings (SSSR count). The third-order valence-corrected chi connectivity index (χ3v) is 7.54. The largest absolute Gasteiger partial charge is 0.0936 e. The molecule has 0 amide bonds. The van der Waals surface area contributed by atoms with Crippen LogP contribution < -0.4 is 5.30 Å². The van der Waals surface area contributed by atoms with Crippen molar-refractivity contribution in [3.63, 3.8) is 0 Å². The van der Waals surface area contributed by atoms with Crippen molar-refractivity contribution in [2.75, 3.05) is 19.0 Å². The third-order valence-electron chi connectivity index (χ3n) is 3.39. The van der Waals surface area contributed by atoms with Gasteiger partial charge < -0.3 is 0 Å². The van der Waals surface area contributed by atoms with Crippen molar-refractivity contribution < 1.29 is 0 Å². The summed E-state index contributed by atoms with van der Waals surface area (Å²) in [6, 6.07) is 11.2. The summed E-state index contributed by atoms with van der Waals surface area (Å²) in [5, 5.41) is 1.64. The van der Waals surface area contributed by atoms with E-state index in [4.69, 9.17) is 0 Å². The van der Waals surface area contributed by atoms with Gasteiger partial charge in [-0.05, 0) is 25.0 Å². The van der Waals surface area contributed by atoms with Crippen LogP contribution in [0.3, 0.4) is 0 Å². The Labute approximate surface area is 102 Å². The third kappa shape index (κ3) is 3.91. The summed E-state index contributed by atoms with van der Waals surface area (Å²) in [5.41, 5.74) is 0. The topological polar surface area (TPSA) is 0 Å². The van der Waals surface area contributed by atoms with Crippen LogP contribution in [-0.2, 0) is 0 Å². The van der Waals surface area contributed by atoms with Crippen LogP contribution in [-0.4, -0.2) is 19.0 Å². The van der Waals surface area contributed by atoms with Crippen LogP contribution >= 0.6 is 7.26 Å². The predicted molar refractivity (Wildman–Crippen MR) is 78.5 cm³/mol. The number of hydrogen-bond acceptors (Lipinski definition) is 0. The molecule has 0 aliphatic heterocycles. The van der Waals surface area contributed by atoms with Gasteiger partial charge in [0.05, 0.1) is 24.3 Å². The lowest BCUT2D eigenvalue weighted by Crippen LogP contribution is -2.16. The van der Waals surface area contributed by atoms with Crippen LogP contribution in [0.2, 0.25) is 0 Å². The summed E-state index contributed by atoms with van der Waals surface area (Å²) < 4.78 is 0. The molecule has 1 aromatic rings. The van der Waals surface area contributed by atoms with Crippen LogP contribution in [0, 0.1) is 0 Å². The van der Waals surface area contributed by atoms with Gasteiger partial charge in [-0.3, -0.25) is 0 Å². The molecule has 0 bridgehead atoms. The SMILES string of the molecule is CCCC[P+](C)(CCCC)c1ccccc1. The summed E-state index contributed by atoms with van der Waals surface area (Å²) in [4.78, 5) is 0. The van der Waals surface area contributed by atoms with E-state index in [0.29, 0.717) is 0 Å². The quantitative estimate of drug-likeness (QED) is 0.610. The Morgan fingerprint density at radius 1 is 0.875 bits per heavy atom. The molecule has 1 aromatic carbocycles. The Morgan fingerprint density at radius 3 is 1.81 bits per heavy atom. The zero-order valence-corrected chi connectivity index (χ0v) is 12.0. The molecule has 0 atom stereocenters. The van der Waals surface area contributed by atoms with Crippen LogP contribution in [0.1, 0.15) is 39.5 Å². The minimum Gasteiger partial charge on any atom is -0.0652 e. The van der Waals surface area contributed by atoms with Crippen molar-refractivity contribution in [3.05, 3.63) is 30.3 Å². The number of rotatable bonds is 7. The lowest BCUT2D eigenvalue weighted by atomic mass is 10.4. The average molecular weight is 237 g/mol. The van der Waals surface area contributed by atoms with Crippen molar-refractivity contribution in [1.82, 2.24) is 0 Å². The maximum absolute atomic E-state index is 2.55. The monoisotopic (exact) mass is 237 g/mol. The molecule has 16 heavy (non-hydrogen) atoms. The van der Waals surface area contributed by atoms with Crippen molar-refractivity contribution in [3.8, 4) is 0 Å². The molecule has 0 radical (unpaired) electrons. The van der Waals surface area contributed by atoms with Crippen molar-refractivity contribution in [1.29, 1.82) is 0 Å². The Kier molecular flexibility index (Phi) is 6.06. The van der Waals surface area contributed by atoms with Gasteiger partial charge in [0, 0.05) is 7.26 Å². The molecule has 0 spiro atoms. The van der Waals surface area contributed by atoms with E-state index < -0.39 is 7.26 Å². The molecule has 90 valence electrons. The van der Waals surface area contributed by atoms with Gasteiger partial charge in [-0.1, -0.05) is 44.9 Å². The van der Waals surface area contributed by atoms with E-state index in [9.17, 15) is 0 Å². The number of unbranched alkanes of at least 4 members (excludes halogenated alkanes) is 2. The minimum atomic E-state index is -0.855. The van der Waals surface area contributed by atoms with Gasteiger partial charge >= 0.3 is 0 Å². The first-order chi connectivity index (χ1) is 7.73. The van der Waals surface area contributed by atoms with Gasteiger partial charge in [0.2, 0.25) is 0 Å². The van der Waals surface area contributed by atoms with Crippen molar-refractivity contribution in [2.45, 2.75) is 39.5 Å². The van der Waals surface area contributed by atoms with Crippen molar-refractivity contribution >= 4 is 12.6 Å². The van der Waals surface area contributed by atoms with Gasteiger partial charge in [0.25, 0.3) is 0 Å². The molecule has 0 aliphatic rings. The standard InChI is InChI=1S/C15H26P/c1-4-6-13-16(3,14-7-5-2)15-11-9-8-10-12-15/h8-12H,4-7,13-14H2,1-3H3/q+1. The normalized spacial score (nSPS) is 11.7. The lowest BCUT2D eigenvalue weighted by Gasteiger charge is -2.23. The fourth-order valence-corrected chi connectivity index (χ4v) is 5.83. The number of hydrogen-bond donors (Lipinski definition) is 0. The summed E-state index contributed by atoms with van der Waals surface area (Å²) in [6.07, 6.45) is 8.32. The van der Waals surface area contributed by atoms with E-state index in [2.05, 4.69) is 50.8 Å². The van der Waals surface area contributed by atoms with E-state index in [1.165, 1.54) is 38.0 Å². The molecule has 0 aromatic heterocycles. The molecule has 0 heterocycles. The lowest BCUT2D eigenvalue weighted by molar-refractivity contribution is 0.865. The Morgan fingerprint density at radius 2 is 1.38 bits per heavy atom. The van der Waals surface area contributed by atoms with E-state index in [0.717, 1.165) is 0 Å². The van der Waals surface area contributed by atoms with Crippen molar-refractivity contribution in [2.24, 2.45) is 0 Å². The van der Waals surface area contributed by atoms with E-state index in [-0.39, 0.29) is 0 Å². The predicted octanol–water partition coefficient (Wildman–Crippen LogP) is 4.56. The smallest absolute Gasteiger partial charge is 0.0652 e. The first kappa shape index (κ1) is 13.7. The second kappa shape index (κ2) is 7.07. The summed E-state index contributed by atoms with van der Waals surface area (Å²) in [5.74, 6) is 0. The van der Waals surface area contributed by atoms with Crippen LogP contribution in [0.25, 0.3) is 0 Å². The van der Waals surface area contributed by atoms with Gasteiger partial charge in [0.15, 0.2) is 0 Å². The second-order valence-electron chi connectivity index (χ2n) is 4.89. The van der Waals surface area contributed by atoms with E-state index >= 15 is 0 Å². The molecular formula is C15H26P+. The van der Waals surface area contributed by atoms with Gasteiger partial charge in [-0.25, -0.2) is 0 Å². The van der Waals surface area contributed by atoms with E-state index in [1.807, 2.05) is 0 Å². The maximum atomic E-state index is 2.55. The average Bonchev–Trinajstić information content (AvgIpc) is 2.35.